The van der Waals surface area contributed by atoms with Crippen LogP contribution in [0.15, 0.2) is 47.8 Å². The van der Waals surface area contributed by atoms with E-state index in [0.29, 0.717) is 21.8 Å². The van der Waals surface area contributed by atoms with E-state index < -0.39 is 11.5 Å². The largest absolute Gasteiger partial charge is 0.496 e. The van der Waals surface area contributed by atoms with Crippen molar-refractivity contribution in [3.8, 4) is 22.8 Å². The lowest BCUT2D eigenvalue weighted by atomic mass is 9.92. The molecule has 4 aromatic rings. The molecule has 1 amide bonds. The third kappa shape index (κ3) is 3.50. The number of carbonyl (C=O) groups is 2. The van der Waals surface area contributed by atoms with E-state index in [2.05, 4.69) is 15.4 Å². The molecule has 32 heavy (non-hydrogen) atoms. The number of thiazole rings is 1. The molecule has 0 aliphatic carbocycles. The van der Waals surface area contributed by atoms with Crippen molar-refractivity contribution in [3.05, 3.63) is 59.0 Å². The highest BCUT2D eigenvalue weighted by Crippen LogP contribution is 2.34. The Morgan fingerprint density at radius 3 is 2.84 bits per heavy atom. The second kappa shape index (κ2) is 7.45. The maximum Gasteiger partial charge on any atom is 0.258 e. The number of ether oxygens (including phenoxy) is 2. The number of carbonyl (C=O) groups excluding carboxylic acids is 2. The summed E-state index contributed by atoms with van der Waals surface area (Å²) < 4.78 is 13.0. The van der Waals surface area contributed by atoms with Crippen molar-refractivity contribution < 1.29 is 19.1 Å². The summed E-state index contributed by atoms with van der Waals surface area (Å²) in [5, 5.41) is 9.11. The summed E-state index contributed by atoms with van der Waals surface area (Å²) >= 11 is 1.41. The van der Waals surface area contributed by atoms with E-state index in [4.69, 9.17) is 9.47 Å². The average molecular weight is 449 g/mol. The maximum absolute atomic E-state index is 12.8. The minimum atomic E-state index is -0.556. The van der Waals surface area contributed by atoms with Crippen LogP contribution >= 0.6 is 11.3 Å². The minimum absolute atomic E-state index is 0.0482. The summed E-state index contributed by atoms with van der Waals surface area (Å²) in [6.45, 7) is 3.73. The van der Waals surface area contributed by atoms with Crippen LogP contribution in [0.4, 0.5) is 5.95 Å². The van der Waals surface area contributed by atoms with Gasteiger partial charge in [0.2, 0.25) is 4.96 Å². The van der Waals surface area contributed by atoms with Gasteiger partial charge in [-0.1, -0.05) is 12.1 Å². The first-order chi connectivity index (χ1) is 15.3. The molecule has 0 atom stereocenters. The third-order valence-electron chi connectivity index (χ3n) is 5.20. The fourth-order valence-electron chi connectivity index (χ4n) is 3.74. The van der Waals surface area contributed by atoms with Crippen molar-refractivity contribution in [2.24, 2.45) is 0 Å². The van der Waals surface area contributed by atoms with Crippen LogP contribution in [-0.2, 0) is 0 Å². The molecule has 0 radical (unpaired) electrons. The van der Waals surface area contributed by atoms with E-state index in [9.17, 15) is 9.59 Å². The number of methoxy groups -OCH3 is 1. The lowest BCUT2D eigenvalue weighted by Gasteiger charge is -2.31. The number of amides is 1. The quantitative estimate of drug-likeness (QED) is 0.495. The first-order valence-corrected chi connectivity index (χ1v) is 10.9. The van der Waals surface area contributed by atoms with E-state index in [1.165, 1.54) is 11.3 Å². The SMILES string of the molecule is COc1ccccc1-c1csc2nc(NC(=O)c3ccc4c(c3)C(=O)CC(C)(C)O4)nn12. The lowest BCUT2D eigenvalue weighted by molar-refractivity contribution is 0.0620. The Balaban J connectivity index is 1.42. The molecule has 8 nitrogen and oxygen atoms in total. The van der Waals surface area contributed by atoms with Gasteiger partial charge in [-0.25, -0.2) is 4.52 Å². The van der Waals surface area contributed by atoms with Crippen LogP contribution in [0.5, 0.6) is 11.5 Å². The molecule has 2 aromatic heterocycles. The number of rotatable bonds is 4. The molecule has 162 valence electrons. The normalized spacial score (nSPS) is 14.7. The maximum atomic E-state index is 12.8. The van der Waals surface area contributed by atoms with Gasteiger partial charge in [-0.2, -0.15) is 4.98 Å². The number of benzene rings is 2. The Bertz CT molecular complexity index is 1370. The first kappa shape index (κ1) is 20.2. The second-order valence-electron chi connectivity index (χ2n) is 8.08. The van der Waals surface area contributed by atoms with Crippen LogP contribution in [-0.4, -0.2) is 39.0 Å². The topological polar surface area (TPSA) is 94.8 Å². The number of ketones is 1. The van der Waals surface area contributed by atoms with Gasteiger partial charge in [0.1, 0.15) is 17.1 Å². The summed E-state index contributed by atoms with van der Waals surface area (Å²) in [6.07, 6.45) is 0.260. The first-order valence-electron chi connectivity index (χ1n) is 10.00. The Kier molecular flexibility index (Phi) is 4.70. The predicted octanol–water partition coefficient (Wildman–Crippen LogP) is 4.46. The van der Waals surface area contributed by atoms with Crippen molar-refractivity contribution in [3.63, 3.8) is 0 Å². The molecule has 1 aliphatic rings. The Morgan fingerprint density at radius 1 is 1.22 bits per heavy atom. The summed E-state index contributed by atoms with van der Waals surface area (Å²) in [7, 11) is 1.62. The van der Waals surface area contributed by atoms with Crippen molar-refractivity contribution in [1.29, 1.82) is 0 Å². The molecule has 0 spiro atoms. The number of nitrogens with zero attached hydrogens (tertiary/aromatic N) is 3. The van der Waals surface area contributed by atoms with Gasteiger partial charge >= 0.3 is 0 Å². The number of Topliss-reactive ketones (excluding diaryl/α,β-unsaturated/α-hetero) is 1. The molecule has 5 rings (SSSR count). The van der Waals surface area contributed by atoms with Gasteiger partial charge in [-0.15, -0.1) is 16.4 Å². The van der Waals surface area contributed by atoms with Crippen LogP contribution in [0.1, 0.15) is 41.0 Å². The highest BCUT2D eigenvalue weighted by molar-refractivity contribution is 7.15. The fraction of sp³-hybridized carbons (Fsp3) is 0.217. The Morgan fingerprint density at radius 2 is 2.03 bits per heavy atom. The van der Waals surface area contributed by atoms with Crippen LogP contribution < -0.4 is 14.8 Å². The van der Waals surface area contributed by atoms with E-state index in [1.54, 1.807) is 29.8 Å². The Hall–Kier alpha value is -3.72. The molecule has 3 heterocycles. The highest BCUT2D eigenvalue weighted by atomic mass is 32.1. The molecule has 0 saturated carbocycles. The Labute approximate surface area is 187 Å². The molecule has 0 fully saturated rings. The average Bonchev–Trinajstić information content (AvgIpc) is 3.32. The fourth-order valence-corrected chi connectivity index (χ4v) is 4.57. The second-order valence-corrected chi connectivity index (χ2v) is 8.91. The standard InChI is InChI=1S/C23H20N4O4S/c1-23(2)11-17(28)15-10-13(8-9-19(15)31-23)20(29)24-21-25-22-27(26-21)16(12-32-22)14-6-4-5-7-18(14)30-3/h4-10,12H,11H2,1-3H3,(H,24,26,29). The minimum Gasteiger partial charge on any atom is -0.496 e. The number of para-hydroxylation sites is 1. The number of hydrogen-bond acceptors (Lipinski definition) is 7. The number of anilines is 1. The highest BCUT2D eigenvalue weighted by Gasteiger charge is 2.33. The monoisotopic (exact) mass is 448 g/mol. The van der Waals surface area contributed by atoms with Gasteiger partial charge < -0.3 is 9.47 Å². The summed E-state index contributed by atoms with van der Waals surface area (Å²) in [6, 6.07) is 12.5. The van der Waals surface area contributed by atoms with Crippen LogP contribution in [0.2, 0.25) is 0 Å². The van der Waals surface area contributed by atoms with Gasteiger partial charge in [0.25, 0.3) is 11.9 Å². The molecule has 1 aliphatic heterocycles. The van der Waals surface area contributed by atoms with Crippen LogP contribution in [0.25, 0.3) is 16.2 Å². The zero-order chi connectivity index (χ0) is 22.5. The summed E-state index contributed by atoms with van der Waals surface area (Å²) in [5.41, 5.74) is 1.88. The van der Waals surface area contributed by atoms with Crippen molar-refractivity contribution in [2.45, 2.75) is 25.9 Å². The summed E-state index contributed by atoms with van der Waals surface area (Å²) in [5.74, 6) is 0.942. The number of aromatic nitrogens is 3. The molecular formula is C23H20N4O4S. The van der Waals surface area contributed by atoms with Gasteiger partial charge in [0.05, 0.1) is 24.8 Å². The molecule has 0 unspecified atom stereocenters. The zero-order valence-corrected chi connectivity index (χ0v) is 18.5. The van der Waals surface area contributed by atoms with E-state index in [0.717, 1.165) is 17.0 Å². The summed E-state index contributed by atoms with van der Waals surface area (Å²) in [4.78, 5) is 30.4. The van der Waals surface area contributed by atoms with Crippen LogP contribution in [0.3, 0.4) is 0 Å². The van der Waals surface area contributed by atoms with Crippen molar-refractivity contribution in [1.82, 2.24) is 14.6 Å². The molecule has 0 saturated heterocycles. The van der Waals surface area contributed by atoms with Crippen molar-refractivity contribution in [2.75, 3.05) is 12.4 Å². The van der Waals surface area contributed by atoms with Gasteiger partial charge in [0, 0.05) is 16.5 Å². The third-order valence-corrected chi connectivity index (χ3v) is 6.02. The number of fused-ring (bicyclic) bond motifs is 2. The molecule has 2 aromatic carbocycles. The smallest absolute Gasteiger partial charge is 0.258 e. The number of hydrogen-bond donors (Lipinski definition) is 1. The van der Waals surface area contributed by atoms with Gasteiger partial charge in [0.15, 0.2) is 5.78 Å². The van der Waals surface area contributed by atoms with E-state index in [-0.39, 0.29) is 18.2 Å². The number of nitrogens with one attached hydrogen (secondary N) is 1. The van der Waals surface area contributed by atoms with Crippen molar-refractivity contribution >= 4 is 33.9 Å². The molecule has 0 bridgehead atoms. The van der Waals surface area contributed by atoms with Crippen LogP contribution in [0, 0.1) is 0 Å². The molecule has 1 N–H and O–H groups in total. The van der Waals surface area contributed by atoms with E-state index in [1.807, 2.05) is 43.5 Å². The molecule has 9 heteroatoms. The predicted molar refractivity (Wildman–Crippen MR) is 121 cm³/mol. The lowest BCUT2D eigenvalue weighted by Crippen LogP contribution is -2.36. The van der Waals surface area contributed by atoms with E-state index >= 15 is 0 Å². The van der Waals surface area contributed by atoms with Gasteiger partial charge in [-0.05, 0) is 44.2 Å². The molecular weight excluding hydrogens is 428 g/mol. The zero-order valence-electron chi connectivity index (χ0n) is 17.7. The van der Waals surface area contributed by atoms with Gasteiger partial charge in [-0.3, -0.25) is 14.9 Å².